The summed E-state index contributed by atoms with van der Waals surface area (Å²) < 4.78 is 0. The molecule has 0 N–H and O–H groups in total. The van der Waals surface area contributed by atoms with Crippen LogP contribution < -0.4 is 0 Å². The molecule has 0 spiro atoms. The second kappa shape index (κ2) is 5.13. The van der Waals surface area contributed by atoms with E-state index in [4.69, 9.17) is 6.57 Å². The van der Waals surface area contributed by atoms with Crippen molar-refractivity contribution < 1.29 is 0 Å². The molecule has 0 unspecified atom stereocenters. The van der Waals surface area contributed by atoms with E-state index in [9.17, 15) is 0 Å². The highest BCUT2D eigenvalue weighted by molar-refractivity contribution is 5.82. The molecule has 0 heterocycles. The van der Waals surface area contributed by atoms with Gasteiger partial charge in [-0.3, -0.25) is 0 Å². The third-order valence-electron chi connectivity index (χ3n) is 3.69. The molecule has 0 aliphatic heterocycles. The second-order valence-electron chi connectivity index (χ2n) is 6.36. The fraction of sp³-hybridized carbons (Fsp3) is 0.316. The molecule has 1 heteroatoms. The fourth-order valence-electron chi connectivity index (χ4n) is 2.60. The van der Waals surface area contributed by atoms with E-state index in [1.165, 1.54) is 22.3 Å². The molecule has 2 aromatic rings. The minimum Gasteiger partial charge on any atom is -0.238 e. The van der Waals surface area contributed by atoms with E-state index in [1.807, 2.05) is 24.3 Å². The van der Waals surface area contributed by atoms with E-state index in [-0.39, 0.29) is 5.41 Å². The highest BCUT2D eigenvalue weighted by Gasteiger charge is 2.17. The first-order valence-electron chi connectivity index (χ1n) is 6.93. The minimum atomic E-state index is 0.146. The number of rotatable bonds is 1. The van der Waals surface area contributed by atoms with Gasteiger partial charge in [0.05, 0.1) is 6.57 Å². The fourth-order valence-corrected chi connectivity index (χ4v) is 2.60. The van der Waals surface area contributed by atoms with Crippen LogP contribution in [0.1, 0.15) is 37.5 Å². The van der Waals surface area contributed by atoms with Gasteiger partial charge in [0.2, 0.25) is 0 Å². The van der Waals surface area contributed by atoms with Crippen LogP contribution in [0.4, 0.5) is 5.69 Å². The van der Waals surface area contributed by atoms with Crippen LogP contribution in [0, 0.1) is 20.4 Å². The Morgan fingerprint density at radius 1 is 0.950 bits per heavy atom. The molecular formula is C19H21N. The van der Waals surface area contributed by atoms with Gasteiger partial charge in [0.15, 0.2) is 5.69 Å². The van der Waals surface area contributed by atoms with Crippen LogP contribution in [-0.2, 0) is 5.41 Å². The zero-order chi connectivity index (χ0) is 14.9. The Bertz CT molecular complexity index is 659. The Kier molecular flexibility index (Phi) is 3.68. The maximum absolute atomic E-state index is 7.34. The van der Waals surface area contributed by atoms with Crippen molar-refractivity contribution in [3.8, 4) is 11.1 Å². The van der Waals surface area contributed by atoms with Crippen LogP contribution in [0.3, 0.4) is 0 Å². The smallest absolute Gasteiger partial charge is 0.194 e. The lowest BCUT2D eigenvalue weighted by Crippen LogP contribution is -2.12. The monoisotopic (exact) mass is 263 g/mol. The molecule has 0 fully saturated rings. The zero-order valence-corrected chi connectivity index (χ0v) is 12.9. The first kappa shape index (κ1) is 14.3. The Morgan fingerprint density at radius 2 is 1.50 bits per heavy atom. The third kappa shape index (κ3) is 2.60. The molecule has 0 radical (unpaired) electrons. The van der Waals surface area contributed by atoms with Gasteiger partial charge in [-0.15, -0.1) is 0 Å². The van der Waals surface area contributed by atoms with Crippen molar-refractivity contribution in [1.82, 2.24) is 0 Å². The Hall–Kier alpha value is -2.07. The van der Waals surface area contributed by atoms with Crippen LogP contribution in [0.25, 0.3) is 16.0 Å². The first-order chi connectivity index (χ1) is 9.34. The van der Waals surface area contributed by atoms with Crippen LogP contribution in [0.5, 0.6) is 0 Å². The van der Waals surface area contributed by atoms with Gasteiger partial charge in [0.25, 0.3) is 0 Å². The highest BCUT2D eigenvalue weighted by atomic mass is 14.6. The quantitative estimate of drug-likeness (QED) is 0.571. The summed E-state index contributed by atoms with van der Waals surface area (Å²) in [6.45, 7) is 18.3. The van der Waals surface area contributed by atoms with E-state index >= 15 is 0 Å². The predicted molar refractivity (Wildman–Crippen MR) is 86.3 cm³/mol. The molecule has 0 bridgehead atoms. The maximum atomic E-state index is 7.34. The van der Waals surface area contributed by atoms with E-state index in [0.717, 1.165) is 11.3 Å². The average Bonchev–Trinajstić information content (AvgIpc) is 2.37. The minimum absolute atomic E-state index is 0.146. The van der Waals surface area contributed by atoms with Crippen LogP contribution in [0.15, 0.2) is 36.4 Å². The largest absolute Gasteiger partial charge is 0.238 e. The van der Waals surface area contributed by atoms with Gasteiger partial charge in [0.1, 0.15) is 0 Å². The molecule has 20 heavy (non-hydrogen) atoms. The van der Waals surface area contributed by atoms with Crippen molar-refractivity contribution in [2.75, 3.05) is 0 Å². The second-order valence-corrected chi connectivity index (χ2v) is 6.36. The summed E-state index contributed by atoms with van der Waals surface area (Å²) in [5, 5.41) is 0. The van der Waals surface area contributed by atoms with Gasteiger partial charge in [0, 0.05) is 0 Å². The predicted octanol–water partition coefficient (Wildman–Crippen LogP) is 5.82. The van der Waals surface area contributed by atoms with Gasteiger partial charge in [-0.2, -0.15) is 0 Å². The van der Waals surface area contributed by atoms with Crippen molar-refractivity contribution >= 4 is 5.69 Å². The summed E-state index contributed by atoms with van der Waals surface area (Å²) >= 11 is 0. The number of hydrogen-bond acceptors (Lipinski definition) is 0. The molecule has 2 rings (SSSR count). The Balaban J connectivity index is 2.69. The first-order valence-corrected chi connectivity index (χ1v) is 6.93. The average molecular weight is 263 g/mol. The van der Waals surface area contributed by atoms with Gasteiger partial charge in [-0.25, -0.2) is 4.85 Å². The number of benzene rings is 2. The summed E-state index contributed by atoms with van der Waals surface area (Å²) in [7, 11) is 0. The standard InChI is InChI=1S/C19H21N/c1-13-11-15(19(3,4)5)12-14(2)18(13)16-9-7-8-10-17(16)20-6/h7-12H,1-5H3. The topological polar surface area (TPSA) is 4.36 Å². The number of hydrogen-bond donors (Lipinski definition) is 0. The summed E-state index contributed by atoms with van der Waals surface area (Å²) in [5.74, 6) is 0. The maximum Gasteiger partial charge on any atom is 0.194 e. The van der Waals surface area contributed by atoms with E-state index in [0.29, 0.717) is 0 Å². The van der Waals surface area contributed by atoms with Crippen molar-refractivity contribution in [3.63, 3.8) is 0 Å². The molecular weight excluding hydrogens is 242 g/mol. The van der Waals surface area contributed by atoms with Gasteiger partial charge in [-0.1, -0.05) is 57.2 Å². The number of para-hydroxylation sites is 1. The third-order valence-corrected chi connectivity index (χ3v) is 3.69. The van der Waals surface area contributed by atoms with Crippen LogP contribution >= 0.6 is 0 Å². The van der Waals surface area contributed by atoms with Crippen molar-refractivity contribution in [2.45, 2.75) is 40.0 Å². The van der Waals surface area contributed by atoms with Crippen LogP contribution in [-0.4, -0.2) is 0 Å². The molecule has 2 aromatic carbocycles. The normalized spacial score (nSPS) is 11.2. The van der Waals surface area contributed by atoms with Crippen molar-refractivity contribution in [3.05, 3.63) is 64.5 Å². The molecule has 0 aromatic heterocycles. The van der Waals surface area contributed by atoms with Gasteiger partial charge < -0.3 is 0 Å². The molecule has 0 saturated heterocycles. The summed E-state index contributed by atoms with van der Waals surface area (Å²) in [5.41, 5.74) is 6.94. The summed E-state index contributed by atoms with van der Waals surface area (Å²) in [4.78, 5) is 3.65. The van der Waals surface area contributed by atoms with Gasteiger partial charge >= 0.3 is 0 Å². The van der Waals surface area contributed by atoms with E-state index in [2.05, 4.69) is 51.6 Å². The highest BCUT2D eigenvalue weighted by Crippen LogP contribution is 2.37. The molecule has 0 saturated carbocycles. The lowest BCUT2D eigenvalue weighted by molar-refractivity contribution is 0.589. The summed E-state index contributed by atoms with van der Waals surface area (Å²) in [6.07, 6.45) is 0. The Labute approximate surface area is 122 Å². The molecule has 0 atom stereocenters. The van der Waals surface area contributed by atoms with Crippen molar-refractivity contribution in [1.29, 1.82) is 0 Å². The molecule has 1 nitrogen and oxygen atoms in total. The lowest BCUT2D eigenvalue weighted by atomic mass is 9.82. The molecule has 102 valence electrons. The summed E-state index contributed by atoms with van der Waals surface area (Å²) in [6, 6.07) is 12.4. The van der Waals surface area contributed by atoms with Crippen LogP contribution in [0.2, 0.25) is 0 Å². The Morgan fingerprint density at radius 3 is 2.00 bits per heavy atom. The molecule has 0 aliphatic rings. The van der Waals surface area contributed by atoms with Gasteiger partial charge in [-0.05, 0) is 47.1 Å². The zero-order valence-electron chi connectivity index (χ0n) is 12.9. The number of nitrogens with zero attached hydrogens (tertiary/aromatic N) is 1. The van der Waals surface area contributed by atoms with E-state index < -0.39 is 0 Å². The lowest BCUT2D eigenvalue weighted by Gasteiger charge is -2.23. The molecule has 0 aliphatic carbocycles. The number of aryl methyl sites for hydroxylation is 2. The van der Waals surface area contributed by atoms with E-state index in [1.54, 1.807) is 0 Å². The van der Waals surface area contributed by atoms with Crippen molar-refractivity contribution in [2.24, 2.45) is 0 Å². The SMILES string of the molecule is [C-]#[N+]c1ccccc1-c1c(C)cc(C(C)(C)C)cc1C. The molecule has 0 amide bonds.